The number of anilines is 1. The molecule has 1 aromatic carbocycles. The van der Waals surface area contributed by atoms with Crippen molar-refractivity contribution in [3.63, 3.8) is 0 Å². The third-order valence-corrected chi connectivity index (χ3v) is 3.13. The van der Waals surface area contributed by atoms with Crippen LogP contribution in [0.5, 0.6) is 0 Å². The van der Waals surface area contributed by atoms with Crippen LogP contribution in [-0.2, 0) is 0 Å². The van der Waals surface area contributed by atoms with E-state index in [1.807, 2.05) is 24.3 Å². The summed E-state index contributed by atoms with van der Waals surface area (Å²) in [4.78, 5) is 2.48. The van der Waals surface area contributed by atoms with E-state index in [9.17, 15) is 0 Å². The molecule has 2 nitrogen and oxygen atoms in total. The molecule has 3 heteroatoms. The summed E-state index contributed by atoms with van der Waals surface area (Å²) in [6.45, 7) is 8.87. The smallest absolute Gasteiger partial charge is 0.0407 e. The fourth-order valence-electron chi connectivity index (χ4n) is 1.74. The summed E-state index contributed by atoms with van der Waals surface area (Å²) >= 11 is 5.84. The Bertz CT molecular complexity index is 298. The lowest BCUT2D eigenvalue weighted by molar-refractivity contribution is 0.294. The van der Waals surface area contributed by atoms with Crippen molar-refractivity contribution in [3.8, 4) is 0 Å². The average Bonchev–Trinajstić information content (AvgIpc) is 2.36. The highest BCUT2D eigenvalue weighted by atomic mass is 35.5. The SMILES string of the molecule is CCCCN(CC)CCNc1ccc(Cl)cc1. The van der Waals surface area contributed by atoms with Crippen molar-refractivity contribution in [1.29, 1.82) is 0 Å². The maximum absolute atomic E-state index is 5.84. The zero-order valence-electron chi connectivity index (χ0n) is 10.9. The summed E-state index contributed by atoms with van der Waals surface area (Å²) in [5, 5.41) is 4.20. The molecule has 0 fully saturated rings. The quantitative estimate of drug-likeness (QED) is 0.758. The molecule has 1 aromatic rings. The molecule has 0 aliphatic heterocycles. The molecule has 0 amide bonds. The molecule has 0 radical (unpaired) electrons. The molecule has 0 spiro atoms. The summed E-state index contributed by atoms with van der Waals surface area (Å²) in [5.41, 5.74) is 1.14. The number of unbranched alkanes of at least 4 members (excludes halogenated alkanes) is 1. The van der Waals surface area contributed by atoms with Gasteiger partial charge in [-0.25, -0.2) is 0 Å². The van der Waals surface area contributed by atoms with Crippen molar-refractivity contribution in [2.24, 2.45) is 0 Å². The topological polar surface area (TPSA) is 15.3 Å². The van der Waals surface area contributed by atoms with Crippen molar-refractivity contribution >= 4 is 17.3 Å². The molecule has 0 aliphatic rings. The fraction of sp³-hybridized carbons (Fsp3) is 0.571. The first-order chi connectivity index (χ1) is 8.26. The zero-order chi connectivity index (χ0) is 12.5. The Labute approximate surface area is 110 Å². The molecule has 0 aliphatic carbocycles. The lowest BCUT2D eigenvalue weighted by Crippen LogP contribution is -2.29. The van der Waals surface area contributed by atoms with Gasteiger partial charge in [-0.15, -0.1) is 0 Å². The highest BCUT2D eigenvalue weighted by molar-refractivity contribution is 6.30. The second-order valence-corrected chi connectivity index (χ2v) is 4.66. The van der Waals surface area contributed by atoms with Crippen molar-refractivity contribution in [3.05, 3.63) is 29.3 Å². The first-order valence-corrected chi connectivity index (χ1v) is 6.85. The van der Waals surface area contributed by atoms with E-state index in [2.05, 4.69) is 24.1 Å². The molecule has 1 rings (SSSR count). The van der Waals surface area contributed by atoms with Crippen molar-refractivity contribution < 1.29 is 0 Å². The van der Waals surface area contributed by atoms with E-state index >= 15 is 0 Å². The summed E-state index contributed by atoms with van der Waals surface area (Å²) in [7, 11) is 0. The van der Waals surface area contributed by atoms with Crippen LogP contribution in [0.25, 0.3) is 0 Å². The van der Waals surface area contributed by atoms with E-state index < -0.39 is 0 Å². The van der Waals surface area contributed by atoms with E-state index in [1.54, 1.807) is 0 Å². The maximum atomic E-state index is 5.84. The highest BCUT2D eigenvalue weighted by Crippen LogP contribution is 2.12. The maximum Gasteiger partial charge on any atom is 0.0407 e. The van der Waals surface area contributed by atoms with Crippen LogP contribution in [0.4, 0.5) is 5.69 Å². The van der Waals surface area contributed by atoms with Gasteiger partial charge in [0.2, 0.25) is 0 Å². The van der Waals surface area contributed by atoms with Crippen molar-refractivity contribution in [2.45, 2.75) is 26.7 Å². The standard InChI is InChI=1S/C14H23ClN2/c1-3-5-11-17(4-2)12-10-16-14-8-6-13(15)7-9-14/h6-9,16H,3-5,10-12H2,1-2H3. The van der Waals surface area contributed by atoms with Gasteiger partial charge in [0, 0.05) is 23.8 Å². The number of likely N-dealkylation sites (N-methyl/N-ethyl adjacent to an activating group) is 1. The average molecular weight is 255 g/mol. The van der Waals surface area contributed by atoms with Gasteiger partial charge in [0.1, 0.15) is 0 Å². The lowest BCUT2D eigenvalue weighted by atomic mass is 10.3. The molecule has 17 heavy (non-hydrogen) atoms. The van der Waals surface area contributed by atoms with Crippen LogP contribution in [0.2, 0.25) is 5.02 Å². The van der Waals surface area contributed by atoms with Crippen molar-refractivity contribution in [1.82, 2.24) is 4.90 Å². The number of nitrogens with one attached hydrogen (secondary N) is 1. The van der Waals surface area contributed by atoms with Crippen LogP contribution in [0.15, 0.2) is 24.3 Å². The van der Waals surface area contributed by atoms with Gasteiger partial charge in [-0.05, 0) is 43.8 Å². The van der Waals surface area contributed by atoms with Gasteiger partial charge in [-0.1, -0.05) is 31.9 Å². The summed E-state index contributed by atoms with van der Waals surface area (Å²) in [6, 6.07) is 7.87. The number of rotatable bonds is 8. The van der Waals surface area contributed by atoms with E-state index in [1.165, 1.54) is 19.4 Å². The lowest BCUT2D eigenvalue weighted by Gasteiger charge is -2.20. The first-order valence-electron chi connectivity index (χ1n) is 6.48. The number of hydrogen-bond donors (Lipinski definition) is 1. The number of nitrogens with zero attached hydrogens (tertiary/aromatic N) is 1. The van der Waals surface area contributed by atoms with Crippen LogP contribution in [0, 0.1) is 0 Å². The van der Waals surface area contributed by atoms with Gasteiger partial charge in [0.05, 0.1) is 0 Å². The molecule has 0 bridgehead atoms. The molecular weight excluding hydrogens is 232 g/mol. The van der Waals surface area contributed by atoms with Gasteiger partial charge < -0.3 is 10.2 Å². The molecule has 0 saturated heterocycles. The minimum absolute atomic E-state index is 0.786. The van der Waals surface area contributed by atoms with E-state index in [4.69, 9.17) is 11.6 Å². The molecule has 0 heterocycles. The third-order valence-electron chi connectivity index (χ3n) is 2.88. The second kappa shape index (κ2) is 8.37. The molecule has 0 unspecified atom stereocenters. The summed E-state index contributed by atoms with van der Waals surface area (Å²) in [6.07, 6.45) is 2.55. The van der Waals surface area contributed by atoms with Crippen LogP contribution < -0.4 is 5.32 Å². The highest BCUT2D eigenvalue weighted by Gasteiger charge is 2.00. The van der Waals surface area contributed by atoms with Gasteiger partial charge in [0.15, 0.2) is 0 Å². The number of halogens is 1. The summed E-state index contributed by atoms with van der Waals surface area (Å²) in [5.74, 6) is 0. The minimum Gasteiger partial charge on any atom is -0.384 e. The monoisotopic (exact) mass is 254 g/mol. The van der Waals surface area contributed by atoms with Crippen LogP contribution in [0.1, 0.15) is 26.7 Å². The predicted molar refractivity (Wildman–Crippen MR) is 77.0 cm³/mol. The van der Waals surface area contributed by atoms with Gasteiger partial charge in [0.25, 0.3) is 0 Å². The first kappa shape index (κ1) is 14.3. The van der Waals surface area contributed by atoms with E-state index in [0.717, 1.165) is 30.3 Å². The largest absolute Gasteiger partial charge is 0.384 e. The Hall–Kier alpha value is -0.730. The Morgan fingerprint density at radius 3 is 2.41 bits per heavy atom. The van der Waals surface area contributed by atoms with Gasteiger partial charge in [-0.2, -0.15) is 0 Å². The Morgan fingerprint density at radius 1 is 1.12 bits per heavy atom. The van der Waals surface area contributed by atoms with Crippen LogP contribution in [0.3, 0.4) is 0 Å². The number of benzene rings is 1. The third kappa shape index (κ3) is 5.94. The number of hydrogen-bond acceptors (Lipinski definition) is 2. The predicted octanol–water partition coefficient (Wildman–Crippen LogP) is 3.87. The zero-order valence-corrected chi connectivity index (χ0v) is 11.6. The molecule has 1 N–H and O–H groups in total. The van der Waals surface area contributed by atoms with E-state index in [0.29, 0.717) is 0 Å². The van der Waals surface area contributed by atoms with Crippen LogP contribution >= 0.6 is 11.6 Å². The molecule has 0 aromatic heterocycles. The molecule has 0 saturated carbocycles. The molecular formula is C14H23ClN2. The van der Waals surface area contributed by atoms with Crippen molar-refractivity contribution in [2.75, 3.05) is 31.5 Å². The molecule has 0 atom stereocenters. The summed E-state index contributed by atoms with van der Waals surface area (Å²) < 4.78 is 0. The van der Waals surface area contributed by atoms with Gasteiger partial charge >= 0.3 is 0 Å². The second-order valence-electron chi connectivity index (χ2n) is 4.22. The van der Waals surface area contributed by atoms with Crippen LogP contribution in [-0.4, -0.2) is 31.1 Å². The van der Waals surface area contributed by atoms with Gasteiger partial charge in [-0.3, -0.25) is 0 Å². The van der Waals surface area contributed by atoms with E-state index in [-0.39, 0.29) is 0 Å². The normalized spacial score (nSPS) is 10.8. The Balaban J connectivity index is 2.23. The fourth-order valence-corrected chi connectivity index (χ4v) is 1.86. The molecule has 96 valence electrons. The Morgan fingerprint density at radius 2 is 1.82 bits per heavy atom. The Kier molecular flexibility index (Phi) is 7.06. The minimum atomic E-state index is 0.786.